The minimum absolute atomic E-state index is 0.0560. The molecule has 0 aliphatic heterocycles. The number of benzene rings is 1. The second-order valence-electron chi connectivity index (χ2n) is 4.36. The van der Waals surface area contributed by atoms with E-state index < -0.39 is 4.92 Å². The standard InChI is InChI=1S/C12H16Cl2N2O2/c1-4-7(2)8(3)15-11-5-9(13)10(14)6-12(11)16(17)18/h5-8,15H,4H2,1-3H3. The normalized spacial score (nSPS) is 14.1. The Hall–Kier alpha value is -1.00. The van der Waals surface area contributed by atoms with Crippen molar-refractivity contribution < 1.29 is 4.92 Å². The zero-order chi connectivity index (χ0) is 13.9. The molecule has 0 saturated heterocycles. The summed E-state index contributed by atoms with van der Waals surface area (Å²) in [5.74, 6) is 0.402. The Labute approximate surface area is 116 Å². The molecule has 1 N–H and O–H groups in total. The van der Waals surface area contributed by atoms with E-state index in [9.17, 15) is 10.1 Å². The molecule has 1 aromatic rings. The van der Waals surface area contributed by atoms with Crippen molar-refractivity contribution in [2.45, 2.75) is 33.2 Å². The Kier molecular flexibility index (Phi) is 5.23. The van der Waals surface area contributed by atoms with E-state index in [-0.39, 0.29) is 16.8 Å². The number of hydrogen-bond acceptors (Lipinski definition) is 3. The first-order valence-electron chi connectivity index (χ1n) is 5.76. The van der Waals surface area contributed by atoms with Crippen molar-refractivity contribution in [1.29, 1.82) is 0 Å². The number of rotatable bonds is 5. The lowest BCUT2D eigenvalue weighted by Crippen LogP contribution is -2.23. The van der Waals surface area contributed by atoms with Crippen LogP contribution in [-0.2, 0) is 0 Å². The van der Waals surface area contributed by atoms with Crippen molar-refractivity contribution in [1.82, 2.24) is 0 Å². The van der Waals surface area contributed by atoms with E-state index in [4.69, 9.17) is 23.2 Å². The molecule has 1 aromatic carbocycles. The first-order valence-corrected chi connectivity index (χ1v) is 6.52. The SMILES string of the molecule is CCC(C)C(C)Nc1cc(Cl)c(Cl)cc1[N+](=O)[O-]. The number of anilines is 1. The van der Waals surface area contributed by atoms with Crippen molar-refractivity contribution in [2.75, 3.05) is 5.32 Å². The highest BCUT2D eigenvalue weighted by molar-refractivity contribution is 6.42. The molecule has 6 heteroatoms. The second-order valence-corrected chi connectivity index (χ2v) is 5.17. The Morgan fingerprint density at radius 2 is 1.89 bits per heavy atom. The summed E-state index contributed by atoms with van der Waals surface area (Å²) in [6, 6.07) is 2.89. The van der Waals surface area contributed by atoms with Crippen LogP contribution >= 0.6 is 23.2 Å². The van der Waals surface area contributed by atoms with Crippen LogP contribution in [0, 0.1) is 16.0 Å². The van der Waals surface area contributed by atoms with Crippen molar-refractivity contribution in [3.63, 3.8) is 0 Å². The van der Waals surface area contributed by atoms with Crippen LogP contribution < -0.4 is 5.32 Å². The fourth-order valence-corrected chi connectivity index (χ4v) is 1.87. The minimum atomic E-state index is -0.464. The van der Waals surface area contributed by atoms with E-state index in [0.29, 0.717) is 16.6 Å². The van der Waals surface area contributed by atoms with E-state index in [1.807, 2.05) is 6.92 Å². The number of nitro groups is 1. The predicted octanol–water partition coefficient (Wildman–Crippen LogP) is 4.75. The Balaban J connectivity index is 3.07. The van der Waals surface area contributed by atoms with E-state index in [2.05, 4.69) is 19.2 Å². The van der Waals surface area contributed by atoms with E-state index >= 15 is 0 Å². The summed E-state index contributed by atoms with van der Waals surface area (Å²) in [6.45, 7) is 6.15. The van der Waals surface area contributed by atoms with Crippen LogP contribution in [0.15, 0.2) is 12.1 Å². The quantitative estimate of drug-likeness (QED) is 0.629. The number of nitrogens with one attached hydrogen (secondary N) is 1. The molecule has 0 radical (unpaired) electrons. The third-order valence-electron chi connectivity index (χ3n) is 3.12. The lowest BCUT2D eigenvalue weighted by molar-refractivity contribution is -0.384. The molecule has 100 valence electrons. The fraction of sp³-hybridized carbons (Fsp3) is 0.500. The number of hydrogen-bond donors (Lipinski definition) is 1. The van der Waals surface area contributed by atoms with Crippen LogP contribution in [0.4, 0.5) is 11.4 Å². The molecule has 1 rings (SSSR count). The number of nitrogens with zero attached hydrogens (tertiary/aromatic N) is 1. The molecule has 0 saturated carbocycles. The maximum absolute atomic E-state index is 11.0. The summed E-state index contributed by atoms with van der Waals surface area (Å²) in [4.78, 5) is 10.5. The van der Waals surface area contributed by atoms with Gasteiger partial charge in [0.1, 0.15) is 5.69 Å². The van der Waals surface area contributed by atoms with Gasteiger partial charge in [-0.25, -0.2) is 0 Å². The summed E-state index contributed by atoms with van der Waals surface area (Å²) in [5.41, 5.74) is 0.349. The lowest BCUT2D eigenvalue weighted by Gasteiger charge is -2.21. The molecule has 2 atom stereocenters. The van der Waals surface area contributed by atoms with Gasteiger partial charge in [0, 0.05) is 12.1 Å². The summed E-state index contributed by atoms with van der Waals surface area (Å²) >= 11 is 11.7. The Morgan fingerprint density at radius 1 is 1.33 bits per heavy atom. The maximum atomic E-state index is 11.0. The average molecular weight is 291 g/mol. The first kappa shape index (κ1) is 15.1. The largest absolute Gasteiger partial charge is 0.377 e. The van der Waals surface area contributed by atoms with Gasteiger partial charge in [-0.1, -0.05) is 43.5 Å². The molecule has 0 heterocycles. The predicted molar refractivity (Wildman–Crippen MR) is 75.7 cm³/mol. The highest BCUT2D eigenvalue weighted by atomic mass is 35.5. The minimum Gasteiger partial charge on any atom is -0.377 e. The van der Waals surface area contributed by atoms with Gasteiger partial charge in [-0.05, 0) is 18.9 Å². The molecule has 0 amide bonds. The second kappa shape index (κ2) is 6.25. The third kappa shape index (κ3) is 3.50. The molecule has 0 aliphatic carbocycles. The van der Waals surface area contributed by atoms with Crippen molar-refractivity contribution in [2.24, 2.45) is 5.92 Å². The lowest BCUT2D eigenvalue weighted by atomic mass is 10.0. The fourth-order valence-electron chi connectivity index (χ4n) is 1.54. The van der Waals surface area contributed by atoms with Crippen molar-refractivity contribution in [3.05, 3.63) is 32.3 Å². The van der Waals surface area contributed by atoms with E-state index in [1.165, 1.54) is 12.1 Å². The molecule has 0 fully saturated rings. The zero-order valence-corrected chi connectivity index (χ0v) is 12.0. The highest BCUT2D eigenvalue weighted by Gasteiger charge is 2.20. The van der Waals surface area contributed by atoms with Crippen LogP contribution in [-0.4, -0.2) is 11.0 Å². The van der Waals surface area contributed by atoms with Crippen molar-refractivity contribution >= 4 is 34.6 Å². The van der Waals surface area contributed by atoms with Gasteiger partial charge >= 0.3 is 0 Å². The van der Waals surface area contributed by atoms with Gasteiger partial charge in [-0.3, -0.25) is 10.1 Å². The molecule has 0 spiro atoms. The van der Waals surface area contributed by atoms with Crippen LogP contribution in [0.5, 0.6) is 0 Å². The zero-order valence-electron chi connectivity index (χ0n) is 10.5. The molecular weight excluding hydrogens is 275 g/mol. The molecule has 0 aliphatic rings. The van der Waals surface area contributed by atoms with Gasteiger partial charge in [0.2, 0.25) is 0 Å². The van der Waals surface area contributed by atoms with Crippen LogP contribution in [0.1, 0.15) is 27.2 Å². The molecule has 0 bridgehead atoms. The highest BCUT2D eigenvalue weighted by Crippen LogP contribution is 2.34. The third-order valence-corrected chi connectivity index (χ3v) is 3.84. The van der Waals surface area contributed by atoms with Gasteiger partial charge in [-0.2, -0.15) is 0 Å². The summed E-state index contributed by atoms with van der Waals surface area (Å²) in [7, 11) is 0. The maximum Gasteiger partial charge on any atom is 0.293 e. The monoisotopic (exact) mass is 290 g/mol. The molecule has 0 aromatic heterocycles. The van der Waals surface area contributed by atoms with Gasteiger partial charge in [-0.15, -0.1) is 0 Å². The number of halogens is 2. The van der Waals surface area contributed by atoms with Gasteiger partial charge in [0.25, 0.3) is 5.69 Å². The molecule has 18 heavy (non-hydrogen) atoms. The van der Waals surface area contributed by atoms with Crippen LogP contribution in [0.3, 0.4) is 0 Å². The van der Waals surface area contributed by atoms with Crippen LogP contribution in [0.2, 0.25) is 10.0 Å². The van der Waals surface area contributed by atoms with Crippen LogP contribution in [0.25, 0.3) is 0 Å². The van der Waals surface area contributed by atoms with Gasteiger partial charge < -0.3 is 5.32 Å². The molecule has 2 unspecified atom stereocenters. The molecule has 4 nitrogen and oxygen atoms in total. The van der Waals surface area contributed by atoms with Gasteiger partial charge in [0.05, 0.1) is 15.0 Å². The average Bonchev–Trinajstić information content (AvgIpc) is 2.31. The smallest absolute Gasteiger partial charge is 0.293 e. The Bertz CT molecular complexity index is 452. The first-order chi connectivity index (χ1) is 8.36. The molecular formula is C12H16Cl2N2O2. The summed E-state index contributed by atoms with van der Waals surface area (Å²) in [6.07, 6.45) is 0.989. The van der Waals surface area contributed by atoms with Crippen molar-refractivity contribution in [3.8, 4) is 0 Å². The summed E-state index contributed by atoms with van der Waals surface area (Å²) < 4.78 is 0. The summed E-state index contributed by atoms with van der Waals surface area (Å²) in [5, 5.41) is 14.6. The van der Waals surface area contributed by atoms with Gasteiger partial charge in [0.15, 0.2) is 0 Å². The Morgan fingerprint density at radius 3 is 2.39 bits per heavy atom. The number of nitro benzene ring substituents is 1. The van der Waals surface area contributed by atoms with E-state index in [0.717, 1.165) is 6.42 Å². The topological polar surface area (TPSA) is 55.2 Å². The van der Waals surface area contributed by atoms with E-state index in [1.54, 1.807) is 0 Å².